The minimum absolute atomic E-state index is 0.162. The van der Waals surface area contributed by atoms with Gasteiger partial charge >= 0.3 is 0 Å². The molecule has 150 valence electrons. The van der Waals surface area contributed by atoms with Gasteiger partial charge in [-0.3, -0.25) is 9.78 Å². The molecule has 3 aromatic rings. The Kier molecular flexibility index (Phi) is 4.71. The van der Waals surface area contributed by atoms with Crippen molar-refractivity contribution in [2.75, 3.05) is 24.5 Å². The van der Waals surface area contributed by atoms with Crippen LogP contribution in [0, 0.1) is 5.82 Å². The summed E-state index contributed by atoms with van der Waals surface area (Å²) >= 11 is 0. The number of hydrogen-bond donors (Lipinski definition) is 1. The zero-order valence-electron chi connectivity index (χ0n) is 16.3. The van der Waals surface area contributed by atoms with Gasteiger partial charge in [0.25, 0.3) is 5.91 Å². The summed E-state index contributed by atoms with van der Waals surface area (Å²) in [5.74, 6) is 0.917. The second kappa shape index (κ2) is 7.67. The van der Waals surface area contributed by atoms with Crippen molar-refractivity contribution < 1.29 is 9.18 Å². The molecular weight excluding hydrogens is 381 g/mol. The highest BCUT2D eigenvalue weighted by molar-refractivity contribution is 5.96. The van der Waals surface area contributed by atoms with E-state index < -0.39 is 0 Å². The molecule has 0 atom stereocenters. The summed E-state index contributed by atoms with van der Waals surface area (Å²) in [4.78, 5) is 28.2. The van der Waals surface area contributed by atoms with Crippen molar-refractivity contribution in [3.63, 3.8) is 0 Å². The van der Waals surface area contributed by atoms with Gasteiger partial charge in [0.2, 0.25) is 0 Å². The smallest absolute Gasteiger partial charge is 0.270 e. The average molecular weight is 401 g/mol. The first-order valence-corrected chi connectivity index (χ1v) is 9.98. The summed E-state index contributed by atoms with van der Waals surface area (Å²) in [7, 11) is 0. The van der Waals surface area contributed by atoms with Crippen LogP contribution in [-0.2, 0) is 6.42 Å². The molecule has 0 spiro atoms. The summed E-state index contributed by atoms with van der Waals surface area (Å²) < 4.78 is 13.2. The molecule has 0 fully saturated rings. The lowest BCUT2D eigenvalue weighted by molar-refractivity contribution is 0.0940. The number of fused-ring (bicyclic) bond motifs is 1. The molecule has 1 amide bonds. The fourth-order valence-electron chi connectivity index (χ4n) is 3.95. The molecule has 0 saturated heterocycles. The fourth-order valence-corrected chi connectivity index (χ4v) is 3.95. The number of carbonyl (C=O) groups excluding carboxylic acids is 1. The highest BCUT2D eigenvalue weighted by Gasteiger charge is 2.27. The van der Waals surface area contributed by atoms with E-state index in [9.17, 15) is 9.18 Å². The van der Waals surface area contributed by atoms with Crippen LogP contribution in [0.25, 0.3) is 17.0 Å². The Hall–Kier alpha value is -3.61. The zero-order chi connectivity index (χ0) is 20.5. The van der Waals surface area contributed by atoms with Gasteiger partial charge in [-0.1, -0.05) is 18.2 Å². The summed E-state index contributed by atoms with van der Waals surface area (Å²) in [5.41, 5.74) is 4.35. The predicted octanol–water partition coefficient (Wildman–Crippen LogP) is 3.26. The minimum Gasteiger partial charge on any atom is -0.352 e. The lowest BCUT2D eigenvalue weighted by atomic mass is 9.98. The van der Waals surface area contributed by atoms with E-state index in [1.807, 2.05) is 24.3 Å². The maximum absolute atomic E-state index is 13.2. The molecule has 1 aromatic carbocycles. The lowest BCUT2D eigenvalue weighted by Gasteiger charge is -2.31. The third-order valence-corrected chi connectivity index (χ3v) is 5.50. The number of benzene rings is 1. The number of pyridine rings is 1. The number of carbonyl (C=O) groups is 1. The first kappa shape index (κ1) is 18.4. The Balaban J connectivity index is 1.51. The van der Waals surface area contributed by atoms with Crippen LogP contribution < -0.4 is 10.2 Å². The molecule has 0 unspecified atom stereocenters. The van der Waals surface area contributed by atoms with Crippen molar-refractivity contribution in [1.82, 2.24) is 20.3 Å². The fraction of sp³-hybridized carbons (Fsp3) is 0.217. The maximum Gasteiger partial charge on any atom is 0.270 e. The molecule has 2 aromatic heterocycles. The van der Waals surface area contributed by atoms with E-state index >= 15 is 0 Å². The molecular formula is C23H20FN5O. The number of amides is 1. The van der Waals surface area contributed by atoms with Crippen molar-refractivity contribution in [3.8, 4) is 11.4 Å². The third-order valence-electron chi connectivity index (χ3n) is 5.50. The molecule has 0 aliphatic carbocycles. The second-order valence-corrected chi connectivity index (χ2v) is 7.38. The van der Waals surface area contributed by atoms with Crippen LogP contribution in [0.3, 0.4) is 0 Å². The Morgan fingerprint density at radius 3 is 2.63 bits per heavy atom. The molecule has 4 heterocycles. The van der Waals surface area contributed by atoms with Crippen molar-refractivity contribution in [1.29, 1.82) is 0 Å². The molecule has 2 aliphatic rings. The average Bonchev–Trinajstić information content (AvgIpc) is 2.80. The number of hydrogen-bond acceptors (Lipinski definition) is 5. The van der Waals surface area contributed by atoms with Crippen LogP contribution in [0.2, 0.25) is 0 Å². The van der Waals surface area contributed by atoms with Crippen LogP contribution >= 0.6 is 0 Å². The highest BCUT2D eigenvalue weighted by atomic mass is 19.1. The van der Waals surface area contributed by atoms with E-state index in [4.69, 9.17) is 4.98 Å². The molecule has 6 nitrogen and oxygen atoms in total. The predicted molar refractivity (Wildman–Crippen MR) is 113 cm³/mol. The minimum atomic E-state index is -0.231. The molecule has 5 rings (SSSR count). The summed E-state index contributed by atoms with van der Waals surface area (Å²) in [5, 5.41) is 2.87. The van der Waals surface area contributed by atoms with Gasteiger partial charge in [-0.05, 0) is 48.2 Å². The second-order valence-electron chi connectivity index (χ2n) is 7.38. The molecule has 0 radical (unpaired) electrons. The first-order valence-electron chi connectivity index (χ1n) is 9.98. The van der Waals surface area contributed by atoms with Gasteiger partial charge in [0.05, 0.1) is 0 Å². The van der Waals surface area contributed by atoms with E-state index in [1.165, 1.54) is 17.7 Å². The number of rotatable bonds is 3. The SMILES string of the molecule is O=C1NCCc2c1nc(-c1cccnc1)nc2N1CC=C(c2ccc(F)cc2)CC1. The van der Waals surface area contributed by atoms with E-state index in [0.29, 0.717) is 31.0 Å². The molecule has 30 heavy (non-hydrogen) atoms. The molecule has 0 saturated carbocycles. The Labute approximate surface area is 173 Å². The number of anilines is 1. The lowest BCUT2D eigenvalue weighted by Crippen LogP contribution is -2.37. The van der Waals surface area contributed by atoms with Crippen molar-refractivity contribution in [3.05, 3.63) is 77.5 Å². The van der Waals surface area contributed by atoms with Crippen molar-refractivity contribution in [2.45, 2.75) is 12.8 Å². The van der Waals surface area contributed by atoms with Crippen molar-refractivity contribution in [2.24, 2.45) is 0 Å². The molecule has 0 bridgehead atoms. The van der Waals surface area contributed by atoms with E-state index in [1.54, 1.807) is 12.4 Å². The van der Waals surface area contributed by atoms with E-state index in [2.05, 4.69) is 26.3 Å². The third kappa shape index (κ3) is 3.43. The monoisotopic (exact) mass is 401 g/mol. The van der Waals surface area contributed by atoms with Gasteiger partial charge in [0, 0.05) is 43.2 Å². The Bertz CT molecular complexity index is 1130. The standard InChI is InChI=1S/C23H20FN5O/c24-18-5-3-15(4-6-18)16-8-12-29(13-9-16)22-19-7-11-26-23(30)20(19)27-21(28-22)17-2-1-10-25-14-17/h1-6,8,10,14H,7,9,11-13H2,(H,26,30). The van der Waals surface area contributed by atoms with Gasteiger partial charge < -0.3 is 10.2 Å². The molecule has 1 N–H and O–H groups in total. The quantitative estimate of drug-likeness (QED) is 0.730. The van der Waals surface area contributed by atoms with Crippen LogP contribution in [0.1, 0.15) is 28.0 Å². The van der Waals surface area contributed by atoms with Crippen LogP contribution in [-0.4, -0.2) is 40.5 Å². The summed E-state index contributed by atoms with van der Waals surface area (Å²) in [6.45, 7) is 2.02. The highest BCUT2D eigenvalue weighted by Crippen LogP contribution is 2.31. The van der Waals surface area contributed by atoms with Crippen LogP contribution in [0.5, 0.6) is 0 Å². The first-order chi connectivity index (χ1) is 14.7. The molecule has 2 aliphatic heterocycles. The van der Waals surface area contributed by atoms with Crippen LogP contribution in [0.4, 0.5) is 10.2 Å². The topological polar surface area (TPSA) is 71.0 Å². The Morgan fingerprint density at radius 2 is 1.90 bits per heavy atom. The van der Waals surface area contributed by atoms with Crippen LogP contribution in [0.15, 0.2) is 54.9 Å². The number of nitrogens with zero attached hydrogens (tertiary/aromatic N) is 4. The van der Waals surface area contributed by atoms with E-state index in [-0.39, 0.29) is 11.7 Å². The van der Waals surface area contributed by atoms with Gasteiger partial charge in [0.1, 0.15) is 17.3 Å². The number of aromatic nitrogens is 3. The van der Waals surface area contributed by atoms with Gasteiger partial charge in [0.15, 0.2) is 5.82 Å². The summed E-state index contributed by atoms with van der Waals surface area (Å²) in [6.07, 6.45) is 7.07. The maximum atomic E-state index is 13.2. The number of nitrogens with one attached hydrogen (secondary N) is 1. The zero-order valence-corrected chi connectivity index (χ0v) is 16.3. The number of halogens is 1. The van der Waals surface area contributed by atoms with E-state index in [0.717, 1.165) is 35.5 Å². The van der Waals surface area contributed by atoms with Crippen molar-refractivity contribution >= 4 is 17.3 Å². The van der Waals surface area contributed by atoms with Gasteiger partial charge in [-0.25, -0.2) is 14.4 Å². The Morgan fingerprint density at radius 1 is 1.03 bits per heavy atom. The summed E-state index contributed by atoms with van der Waals surface area (Å²) in [6, 6.07) is 10.3. The molecule has 7 heteroatoms. The van der Waals surface area contributed by atoms with Gasteiger partial charge in [-0.2, -0.15) is 0 Å². The van der Waals surface area contributed by atoms with Gasteiger partial charge in [-0.15, -0.1) is 0 Å². The normalized spacial score (nSPS) is 16.0. The largest absolute Gasteiger partial charge is 0.352 e.